The number of nitrogens with zero attached hydrogens (tertiary/aromatic N) is 3. The number of nitrogen functional groups attached to an aromatic ring is 1. The molecule has 6 nitrogen and oxygen atoms in total. The molecule has 4 N–H and O–H groups in total. The first-order valence-electron chi connectivity index (χ1n) is 7.26. The summed E-state index contributed by atoms with van der Waals surface area (Å²) in [5.74, 6) is 0.776. The number of aromatic nitrogens is 3. The van der Waals surface area contributed by atoms with Crippen molar-refractivity contribution in [1.82, 2.24) is 15.0 Å². The minimum Gasteiger partial charge on any atom is -0.394 e. The molecule has 0 unspecified atom stereocenters. The van der Waals surface area contributed by atoms with Crippen molar-refractivity contribution in [3.8, 4) is 0 Å². The molecule has 2 aromatic heterocycles. The third-order valence-corrected chi connectivity index (χ3v) is 3.54. The van der Waals surface area contributed by atoms with Crippen molar-refractivity contribution in [2.75, 3.05) is 17.7 Å². The van der Waals surface area contributed by atoms with Crippen LogP contribution < -0.4 is 11.1 Å². The van der Waals surface area contributed by atoms with Crippen LogP contribution in [-0.2, 0) is 0 Å². The Morgan fingerprint density at radius 1 is 1.38 bits per heavy atom. The average Bonchev–Trinajstić information content (AvgIpc) is 2.44. The molecule has 0 aliphatic rings. The molecule has 0 saturated carbocycles. The predicted octanol–water partition coefficient (Wildman–Crippen LogP) is 2.27. The van der Waals surface area contributed by atoms with E-state index in [1.54, 1.807) is 6.20 Å². The van der Waals surface area contributed by atoms with Crippen LogP contribution in [0.5, 0.6) is 0 Å². The van der Waals surface area contributed by atoms with E-state index < -0.39 is 5.54 Å². The summed E-state index contributed by atoms with van der Waals surface area (Å²) in [5, 5.41) is 13.0. The van der Waals surface area contributed by atoms with Gasteiger partial charge in [0.15, 0.2) is 5.82 Å². The number of unbranched alkanes of at least 4 members (excludes halogenated alkanes) is 1. The van der Waals surface area contributed by atoms with Crippen LogP contribution in [0.2, 0.25) is 0 Å². The number of hydrogen-bond acceptors (Lipinski definition) is 6. The summed E-state index contributed by atoms with van der Waals surface area (Å²) >= 11 is 0. The van der Waals surface area contributed by atoms with E-state index in [2.05, 4.69) is 27.2 Å². The standard InChI is InChI=1S/C15H23N5O/c1-4-5-6-15(3,9-21)20-13-12-11(18-14(16)19-13)7-10(2)8-17-12/h7-8,21H,4-6,9H2,1-3H3,(H3,16,18,19,20)/t15-/m1/s1. The minimum absolute atomic E-state index is 0.0181. The van der Waals surface area contributed by atoms with Crippen LogP contribution in [0.1, 0.15) is 38.7 Å². The van der Waals surface area contributed by atoms with Crippen LogP contribution >= 0.6 is 0 Å². The first-order chi connectivity index (χ1) is 9.97. The molecule has 0 saturated heterocycles. The fourth-order valence-corrected chi connectivity index (χ4v) is 2.26. The van der Waals surface area contributed by atoms with Crippen molar-refractivity contribution in [2.45, 2.75) is 45.6 Å². The van der Waals surface area contributed by atoms with Crippen LogP contribution in [0, 0.1) is 6.92 Å². The molecule has 0 aliphatic heterocycles. The number of nitrogens with two attached hydrogens (primary N) is 1. The highest BCUT2D eigenvalue weighted by Gasteiger charge is 2.24. The number of pyridine rings is 1. The third kappa shape index (κ3) is 3.58. The summed E-state index contributed by atoms with van der Waals surface area (Å²) in [5.41, 5.74) is 7.73. The molecule has 0 radical (unpaired) electrons. The molecular formula is C15H23N5O. The fourth-order valence-electron chi connectivity index (χ4n) is 2.26. The van der Waals surface area contributed by atoms with Gasteiger partial charge in [0.2, 0.25) is 5.95 Å². The zero-order valence-electron chi connectivity index (χ0n) is 12.8. The Bertz CT molecular complexity index is 625. The maximum absolute atomic E-state index is 9.70. The van der Waals surface area contributed by atoms with Gasteiger partial charge in [0.05, 0.1) is 17.7 Å². The van der Waals surface area contributed by atoms with Gasteiger partial charge in [-0.15, -0.1) is 0 Å². The molecule has 114 valence electrons. The first kappa shape index (κ1) is 15.4. The van der Waals surface area contributed by atoms with E-state index >= 15 is 0 Å². The Labute approximate surface area is 124 Å². The predicted molar refractivity (Wildman–Crippen MR) is 85.1 cm³/mol. The van der Waals surface area contributed by atoms with Gasteiger partial charge >= 0.3 is 0 Å². The van der Waals surface area contributed by atoms with Crippen molar-refractivity contribution < 1.29 is 5.11 Å². The van der Waals surface area contributed by atoms with Crippen molar-refractivity contribution in [3.05, 3.63) is 17.8 Å². The number of anilines is 2. The number of fused-ring (bicyclic) bond motifs is 1. The lowest BCUT2D eigenvalue weighted by atomic mass is 9.96. The average molecular weight is 289 g/mol. The fraction of sp³-hybridized carbons (Fsp3) is 0.533. The number of aliphatic hydroxyl groups excluding tert-OH is 1. The second-order valence-corrected chi connectivity index (χ2v) is 5.76. The van der Waals surface area contributed by atoms with Crippen LogP contribution in [-0.4, -0.2) is 32.2 Å². The lowest BCUT2D eigenvalue weighted by Crippen LogP contribution is -2.39. The Kier molecular flexibility index (Phi) is 4.57. The number of aliphatic hydroxyl groups is 1. The second-order valence-electron chi connectivity index (χ2n) is 5.76. The number of nitrogens with one attached hydrogen (secondary N) is 1. The maximum atomic E-state index is 9.70. The highest BCUT2D eigenvalue weighted by Crippen LogP contribution is 2.25. The van der Waals surface area contributed by atoms with Crippen molar-refractivity contribution in [2.24, 2.45) is 0 Å². The Balaban J connectivity index is 2.41. The molecule has 21 heavy (non-hydrogen) atoms. The van der Waals surface area contributed by atoms with E-state index in [-0.39, 0.29) is 12.6 Å². The molecule has 0 fully saturated rings. The normalized spacial score (nSPS) is 14.1. The van der Waals surface area contributed by atoms with Crippen molar-refractivity contribution in [1.29, 1.82) is 0 Å². The Morgan fingerprint density at radius 3 is 2.81 bits per heavy atom. The van der Waals surface area contributed by atoms with E-state index in [4.69, 9.17) is 5.73 Å². The lowest BCUT2D eigenvalue weighted by Gasteiger charge is -2.29. The molecule has 0 aromatic carbocycles. The zero-order chi connectivity index (χ0) is 15.5. The highest BCUT2D eigenvalue weighted by atomic mass is 16.3. The summed E-state index contributed by atoms with van der Waals surface area (Å²) < 4.78 is 0. The van der Waals surface area contributed by atoms with Gasteiger partial charge in [-0.25, -0.2) is 4.98 Å². The van der Waals surface area contributed by atoms with Gasteiger partial charge in [0.25, 0.3) is 0 Å². The highest BCUT2D eigenvalue weighted by molar-refractivity contribution is 5.86. The van der Waals surface area contributed by atoms with Gasteiger partial charge in [-0.1, -0.05) is 19.8 Å². The number of aryl methyl sites for hydroxylation is 1. The van der Waals surface area contributed by atoms with Gasteiger partial charge in [0.1, 0.15) is 5.52 Å². The van der Waals surface area contributed by atoms with Gasteiger partial charge in [-0.3, -0.25) is 4.98 Å². The maximum Gasteiger partial charge on any atom is 0.222 e. The molecule has 2 rings (SSSR count). The first-order valence-corrected chi connectivity index (χ1v) is 7.26. The number of hydrogen-bond donors (Lipinski definition) is 3. The molecule has 1 atom stereocenters. The number of rotatable bonds is 6. The van der Waals surface area contributed by atoms with E-state index in [1.165, 1.54) is 0 Å². The monoisotopic (exact) mass is 289 g/mol. The topological polar surface area (TPSA) is 97.0 Å². The SMILES string of the molecule is CCCC[C@](C)(CO)Nc1nc(N)nc2cc(C)cnc12. The molecule has 2 heterocycles. The van der Waals surface area contributed by atoms with Gasteiger partial charge < -0.3 is 16.2 Å². The van der Waals surface area contributed by atoms with Gasteiger partial charge in [-0.05, 0) is 31.9 Å². The third-order valence-electron chi connectivity index (χ3n) is 3.54. The van der Waals surface area contributed by atoms with E-state index in [9.17, 15) is 5.11 Å². The van der Waals surface area contributed by atoms with E-state index in [0.29, 0.717) is 16.9 Å². The summed E-state index contributed by atoms with van der Waals surface area (Å²) in [7, 11) is 0. The Hall–Kier alpha value is -1.95. The summed E-state index contributed by atoms with van der Waals surface area (Å²) in [4.78, 5) is 12.9. The smallest absolute Gasteiger partial charge is 0.222 e. The minimum atomic E-state index is -0.448. The summed E-state index contributed by atoms with van der Waals surface area (Å²) in [6.07, 6.45) is 4.71. The van der Waals surface area contributed by atoms with Gasteiger partial charge in [-0.2, -0.15) is 4.98 Å². The van der Waals surface area contributed by atoms with Crippen molar-refractivity contribution in [3.63, 3.8) is 0 Å². The van der Waals surface area contributed by atoms with Crippen LogP contribution in [0.4, 0.5) is 11.8 Å². The molecule has 0 bridgehead atoms. The van der Waals surface area contributed by atoms with Crippen LogP contribution in [0.25, 0.3) is 11.0 Å². The summed E-state index contributed by atoms with van der Waals surface area (Å²) in [6.45, 7) is 6.07. The quantitative estimate of drug-likeness (QED) is 0.754. The molecular weight excluding hydrogens is 266 g/mol. The molecule has 2 aromatic rings. The van der Waals surface area contributed by atoms with Crippen molar-refractivity contribution >= 4 is 22.8 Å². The van der Waals surface area contributed by atoms with Crippen LogP contribution in [0.15, 0.2) is 12.3 Å². The second kappa shape index (κ2) is 6.22. The Morgan fingerprint density at radius 2 is 2.14 bits per heavy atom. The largest absolute Gasteiger partial charge is 0.394 e. The van der Waals surface area contributed by atoms with Crippen LogP contribution in [0.3, 0.4) is 0 Å². The zero-order valence-corrected chi connectivity index (χ0v) is 12.8. The summed E-state index contributed by atoms with van der Waals surface area (Å²) in [6, 6.07) is 1.92. The molecule has 0 aliphatic carbocycles. The van der Waals surface area contributed by atoms with E-state index in [0.717, 1.165) is 24.8 Å². The lowest BCUT2D eigenvalue weighted by molar-refractivity contribution is 0.212. The van der Waals surface area contributed by atoms with E-state index in [1.807, 2.05) is 19.9 Å². The molecule has 0 spiro atoms. The molecule has 6 heteroatoms. The molecule has 0 amide bonds. The van der Waals surface area contributed by atoms with Gasteiger partial charge in [0, 0.05) is 6.20 Å².